The lowest BCUT2D eigenvalue weighted by Gasteiger charge is -2.36. The number of cyclic esters (lactones) is 1. The number of amides is 3. The number of esters is 1. The molecule has 0 saturated carbocycles. The number of likely N-dealkylation sites (tertiary alicyclic amines) is 1. The molecule has 5 bridgehead atoms. The Morgan fingerprint density at radius 2 is 1.67 bits per heavy atom. The third-order valence-electron chi connectivity index (χ3n) is 10.7. The molecular formula is C40H49BrN4O7. The number of benzene rings is 2. The minimum atomic E-state index is -1.38. The van der Waals surface area contributed by atoms with E-state index in [1.54, 1.807) is 9.80 Å². The van der Waals surface area contributed by atoms with Crippen molar-refractivity contribution < 1.29 is 33.8 Å². The van der Waals surface area contributed by atoms with E-state index in [9.17, 15) is 19.5 Å². The van der Waals surface area contributed by atoms with Gasteiger partial charge in [0, 0.05) is 55.1 Å². The van der Waals surface area contributed by atoms with E-state index in [2.05, 4.69) is 40.0 Å². The van der Waals surface area contributed by atoms with Crippen LogP contribution >= 0.6 is 15.9 Å². The van der Waals surface area contributed by atoms with Crippen LogP contribution < -0.4 is 15.1 Å². The molecule has 278 valence electrons. The highest BCUT2D eigenvalue weighted by Crippen LogP contribution is 2.58. The Labute approximate surface area is 314 Å². The van der Waals surface area contributed by atoms with E-state index in [4.69, 9.17) is 9.47 Å². The van der Waals surface area contributed by atoms with Crippen molar-refractivity contribution in [3.8, 4) is 0 Å². The highest BCUT2D eigenvalue weighted by atomic mass is 79.9. The molecular weight excluding hydrogens is 728 g/mol. The summed E-state index contributed by atoms with van der Waals surface area (Å²) in [6, 6.07) is 15.4. The number of rotatable bonds is 11. The van der Waals surface area contributed by atoms with Gasteiger partial charge in [0.05, 0.1) is 17.9 Å². The second-order valence-electron chi connectivity index (χ2n) is 13.8. The van der Waals surface area contributed by atoms with E-state index in [0.29, 0.717) is 36.0 Å². The number of unbranched alkanes of at least 4 members (excludes halogenated alkanes) is 3. The lowest BCUT2D eigenvalue weighted by Crippen LogP contribution is -2.56. The van der Waals surface area contributed by atoms with Gasteiger partial charge in [-0.25, -0.2) is 0 Å². The molecule has 52 heavy (non-hydrogen) atoms. The molecule has 6 atom stereocenters. The van der Waals surface area contributed by atoms with Crippen molar-refractivity contribution in [2.45, 2.75) is 76.2 Å². The van der Waals surface area contributed by atoms with Gasteiger partial charge in [0.25, 0.3) is 5.91 Å². The maximum atomic E-state index is 15.2. The molecule has 2 aromatic rings. The topological polar surface area (TPSA) is 129 Å². The number of ether oxygens (including phenoxy) is 2. The molecule has 1 spiro atoms. The van der Waals surface area contributed by atoms with E-state index in [0.717, 1.165) is 37.2 Å². The summed E-state index contributed by atoms with van der Waals surface area (Å²) in [4.78, 5) is 62.6. The normalized spacial score (nSPS) is 28.4. The molecule has 2 aromatic carbocycles. The van der Waals surface area contributed by atoms with E-state index < -0.39 is 47.5 Å². The highest BCUT2D eigenvalue weighted by molar-refractivity contribution is 9.11. The summed E-state index contributed by atoms with van der Waals surface area (Å²) in [6.07, 6.45) is 8.19. The van der Waals surface area contributed by atoms with Gasteiger partial charge in [-0.3, -0.25) is 19.2 Å². The van der Waals surface area contributed by atoms with Crippen LogP contribution in [0.4, 0.5) is 11.4 Å². The minimum absolute atomic E-state index is 0.0738. The second-order valence-corrected chi connectivity index (χ2v) is 14.7. The predicted molar refractivity (Wildman–Crippen MR) is 202 cm³/mol. The van der Waals surface area contributed by atoms with Crippen molar-refractivity contribution in [2.24, 2.45) is 11.8 Å². The highest BCUT2D eigenvalue weighted by Gasteiger charge is 2.74. The Kier molecular flexibility index (Phi) is 12.2. The van der Waals surface area contributed by atoms with Crippen molar-refractivity contribution in [1.29, 1.82) is 0 Å². The van der Waals surface area contributed by atoms with E-state index in [-0.39, 0.29) is 38.0 Å². The Bertz CT molecular complexity index is 1660. The fourth-order valence-corrected chi connectivity index (χ4v) is 8.84. The number of carbonyl (C=O) groups excluding carboxylic acids is 4. The van der Waals surface area contributed by atoms with Gasteiger partial charge < -0.3 is 34.6 Å². The molecule has 12 heteroatoms. The van der Waals surface area contributed by atoms with E-state index >= 15 is 4.79 Å². The van der Waals surface area contributed by atoms with Gasteiger partial charge in [0.1, 0.15) is 24.4 Å². The molecule has 2 saturated heterocycles. The van der Waals surface area contributed by atoms with Gasteiger partial charge in [-0.2, -0.15) is 0 Å². The van der Waals surface area contributed by atoms with Crippen LogP contribution in [0, 0.1) is 11.8 Å². The van der Waals surface area contributed by atoms with Crippen molar-refractivity contribution in [2.75, 3.05) is 49.2 Å². The molecule has 4 heterocycles. The predicted octanol–water partition coefficient (Wildman–Crippen LogP) is 5.04. The largest absolute Gasteiger partial charge is 0.463 e. The number of hydrogen-bond acceptors (Lipinski definition) is 8. The van der Waals surface area contributed by atoms with Crippen molar-refractivity contribution in [3.63, 3.8) is 0 Å². The number of allylic oxidation sites excluding steroid dienone is 1. The van der Waals surface area contributed by atoms with Crippen LogP contribution in [-0.4, -0.2) is 90.8 Å². The van der Waals surface area contributed by atoms with Gasteiger partial charge >= 0.3 is 5.97 Å². The molecule has 2 N–H and O–H groups in total. The summed E-state index contributed by atoms with van der Waals surface area (Å²) >= 11 is 3.65. The average Bonchev–Trinajstić information content (AvgIpc) is 3.75. The standard InChI is InChI=1S/C40H49BrN4O7/c1-3-43(4-2)28-18-20-29(21-19-28)44-22-13-8-11-17-32(47)51-26-31(27-15-9-7-10-16-27)42-37(48)33-34-38(49)45(23-12-5-6-14-24-46)36(39(44)50)40(34)25-30(41)35(33)52-40/h7-10,13,15-16,18-21,25,31,33-36,46H,3-6,11-12,14,17,22-24,26H2,1-2H3,(H,42,48)/b13-8-/t31-,33-,34+,35-,36-,40+/m1/s1. The van der Waals surface area contributed by atoms with Crippen LogP contribution in [0.2, 0.25) is 0 Å². The van der Waals surface area contributed by atoms with Crippen molar-refractivity contribution in [3.05, 3.63) is 82.9 Å². The first-order chi connectivity index (χ1) is 25.2. The summed E-state index contributed by atoms with van der Waals surface area (Å²) in [7, 11) is 0. The van der Waals surface area contributed by atoms with E-state index in [1.165, 1.54) is 0 Å². The first-order valence-corrected chi connectivity index (χ1v) is 19.3. The zero-order chi connectivity index (χ0) is 36.8. The summed E-state index contributed by atoms with van der Waals surface area (Å²) in [6.45, 7) is 6.39. The molecule has 0 unspecified atom stereocenters. The molecule has 3 amide bonds. The van der Waals surface area contributed by atoms with Crippen LogP contribution in [-0.2, 0) is 28.7 Å². The molecule has 6 rings (SSSR count). The Morgan fingerprint density at radius 3 is 2.38 bits per heavy atom. The zero-order valence-corrected chi connectivity index (χ0v) is 31.5. The lowest BCUT2D eigenvalue weighted by atomic mass is 9.74. The second kappa shape index (κ2) is 16.8. The Hall–Kier alpha value is -4.00. The molecule has 0 aliphatic carbocycles. The molecule has 0 radical (unpaired) electrons. The number of hydrogen-bond donors (Lipinski definition) is 2. The van der Waals surface area contributed by atoms with Crippen molar-refractivity contribution >= 4 is 51.0 Å². The number of halogens is 1. The molecule has 11 nitrogen and oxygen atoms in total. The van der Waals surface area contributed by atoms with Crippen LogP contribution in [0.5, 0.6) is 0 Å². The smallest absolute Gasteiger partial charge is 0.306 e. The van der Waals surface area contributed by atoms with Crippen LogP contribution in [0.25, 0.3) is 0 Å². The fraction of sp³-hybridized carbons (Fsp3) is 0.500. The van der Waals surface area contributed by atoms with Crippen LogP contribution in [0.3, 0.4) is 0 Å². The molecule has 0 aromatic heterocycles. The average molecular weight is 778 g/mol. The molecule has 4 aliphatic rings. The number of carbonyl (C=O) groups is 4. The maximum Gasteiger partial charge on any atom is 0.306 e. The number of anilines is 2. The number of aliphatic hydroxyl groups excluding tert-OH is 1. The van der Waals surface area contributed by atoms with Gasteiger partial charge in [-0.15, -0.1) is 0 Å². The number of aliphatic hydroxyl groups is 1. The van der Waals surface area contributed by atoms with E-state index in [1.807, 2.05) is 72.8 Å². The molecule has 2 fully saturated rings. The summed E-state index contributed by atoms with van der Waals surface area (Å²) < 4.78 is 13.0. The van der Waals surface area contributed by atoms with Crippen LogP contribution in [0.15, 0.2) is 77.3 Å². The SMILES string of the molecule is CCN(CC)c1ccc(N2C/C=C\CCC(=O)OC[C@H](c3ccccc3)NC(=O)[C@H]3[C@@H]4O[C@@]5(C=C4Br)[C@@H]3C(=O)N(CCCCCCO)[C@@H]5C2=O)cc1. The third-order valence-corrected chi connectivity index (χ3v) is 11.4. The number of nitrogens with zero attached hydrogens (tertiary/aromatic N) is 3. The zero-order valence-electron chi connectivity index (χ0n) is 29.9. The summed E-state index contributed by atoms with van der Waals surface area (Å²) in [5.74, 6) is -3.29. The quantitative estimate of drug-likeness (QED) is 0.185. The minimum Gasteiger partial charge on any atom is -0.463 e. The number of nitrogens with one attached hydrogen (secondary N) is 1. The van der Waals surface area contributed by atoms with Crippen LogP contribution in [0.1, 0.15) is 64.0 Å². The summed E-state index contributed by atoms with van der Waals surface area (Å²) in [5.41, 5.74) is 1.07. The first-order valence-electron chi connectivity index (χ1n) is 18.5. The summed E-state index contributed by atoms with van der Waals surface area (Å²) in [5, 5.41) is 12.4. The number of fused-ring (bicyclic) bond motifs is 2. The third kappa shape index (κ3) is 7.43. The Balaban J connectivity index is 1.42. The van der Waals surface area contributed by atoms with Gasteiger partial charge in [-0.05, 0) is 69.0 Å². The van der Waals surface area contributed by atoms with Gasteiger partial charge in [0.2, 0.25) is 11.8 Å². The van der Waals surface area contributed by atoms with Gasteiger partial charge in [0.15, 0.2) is 0 Å². The fourth-order valence-electron chi connectivity index (χ4n) is 8.11. The van der Waals surface area contributed by atoms with Crippen molar-refractivity contribution in [1.82, 2.24) is 10.2 Å². The van der Waals surface area contributed by atoms with Gasteiger partial charge in [-0.1, -0.05) is 71.3 Å². The molecule has 4 aliphatic heterocycles. The Morgan fingerprint density at radius 1 is 0.942 bits per heavy atom. The maximum absolute atomic E-state index is 15.2. The monoisotopic (exact) mass is 776 g/mol. The first kappa shape index (κ1) is 37.7. The lowest BCUT2D eigenvalue weighted by molar-refractivity contribution is -0.145.